The van der Waals surface area contributed by atoms with Gasteiger partial charge in [0.15, 0.2) is 0 Å². The Balaban J connectivity index is 2.27. The predicted molar refractivity (Wildman–Crippen MR) is 84.9 cm³/mol. The van der Waals surface area contributed by atoms with Gasteiger partial charge in [0.1, 0.15) is 0 Å². The van der Waals surface area contributed by atoms with Crippen molar-refractivity contribution in [2.75, 3.05) is 11.1 Å². The van der Waals surface area contributed by atoms with Gasteiger partial charge in [-0.15, -0.1) is 0 Å². The van der Waals surface area contributed by atoms with Crippen LogP contribution in [0.5, 0.6) is 0 Å². The van der Waals surface area contributed by atoms with Crippen molar-refractivity contribution in [1.29, 1.82) is 0 Å². The van der Waals surface area contributed by atoms with E-state index in [0.717, 1.165) is 0 Å². The van der Waals surface area contributed by atoms with Crippen molar-refractivity contribution in [2.24, 2.45) is 0 Å². The molecule has 0 unspecified atom stereocenters. The van der Waals surface area contributed by atoms with Crippen molar-refractivity contribution in [2.45, 2.75) is 0 Å². The summed E-state index contributed by atoms with van der Waals surface area (Å²) in [4.78, 5) is 23.1. The molecule has 0 aromatic heterocycles. The van der Waals surface area contributed by atoms with E-state index in [0.29, 0.717) is 26.4 Å². The second kappa shape index (κ2) is 6.15. The van der Waals surface area contributed by atoms with Crippen LogP contribution in [0.2, 0.25) is 5.02 Å². The lowest BCUT2D eigenvalue weighted by atomic mass is 10.1. The van der Waals surface area contributed by atoms with E-state index >= 15 is 0 Å². The van der Waals surface area contributed by atoms with Crippen molar-refractivity contribution in [3.8, 4) is 0 Å². The first kappa shape index (κ1) is 15.3. The summed E-state index contributed by atoms with van der Waals surface area (Å²) in [7, 11) is 0. The fourth-order valence-electron chi connectivity index (χ4n) is 1.71. The number of nitrogens with two attached hydrogens (primary N) is 1. The van der Waals surface area contributed by atoms with Gasteiger partial charge in [0, 0.05) is 26.4 Å². The maximum absolute atomic E-state index is 12.1. The van der Waals surface area contributed by atoms with Crippen LogP contribution in [0.3, 0.4) is 0 Å². The van der Waals surface area contributed by atoms with E-state index in [9.17, 15) is 9.59 Å². The van der Waals surface area contributed by atoms with Crippen LogP contribution in [0.15, 0.2) is 40.9 Å². The molecule has 7 heteroatoms. The standard InChI is InChI=1S/C14H10BrClN2O3/c15-12-2-1-10(6-11(12)14(20)21)18-13(19)7-3-8(16)5-9(17)4-7/h1-6H,17H2,(H,18,19)(H,20,21). The van der Waals surface area contributed by atoms with Crippen LogP contribution in [-0.4, -0.2) is 17.0 Å². The molecule has 2 aromatic rings. The van der Waals surface area contributed by atoms with Crippen LogP contribution in [-0.2, 0) is 0 Å². The van der Waals surface area contributed by atoms with Crippen molar-refractivity contribution in [3.63, 3.8) is 0 Å². The average Bonchev–Trinajstić information content (AvgIpc) is 2.39. The molecule has 0 atom stereocenters. The fourth-order valence-corrected chi connectivity index (χ4v) is 2.37. The summed E-state index contributed by atoms with van der Waals surface area (Å²) in [5.74, 6) is -1.52. The number of nitrogen functional groups attached to an aromatic ring is 1. The molecule has 0 spiro atoms. The molecule has 0 heterocycles. The molecule has 0 radical (unpaired) electrons. The molecule has 4 N–H and O–H groups in total. The number of aromatic carboxylic acids is 1. The summed E-state index contributed by atoms with van der Waals surface area (Å²) < 4.78 is 0.431. The monoisotopic (exact) mass is 368 g/mol. The van der Waals surface area contributed by atoms with Gasteiger partial charge in [0.25, 0.3) is 5.91 Å². The normalized spacial score (nSPS) is 10.2. The Morgan fingerprint density at radius 3 is 2.52 bits per heavy atom. The van der Waals surface area contributed by atoms with Gasteiger partial charge >= 0.3 is 5.97 Å². The second-order valence-corrected chi connectivity index (χ2v) is 5.52. The number of hydrogen-bond donors (Lipinski definition) is 3. The molecule has 0 aliphatic rings. The first-order chi connectivity index (χ1) is 9.86. The number of nitrogens with one attached hydrogen (secondary N) is 1. The first-order valence-corrected chi connectivity index (χ1v) is 6.94. The Labute approximate surface area is 133 Å². The van der Waals surface area contributed by atoms with Crippen LogP contribution >= 0.6 is 27.5 Å². The topological polar surface area (TPSA) is 92.4 Å². The number of carbonyl (C=O) groups is 2. The van der Waals surface area contributed by atoms with Crippen LogP contribution in [0.4, 0.5) is 11.4 Å². The molecular weight excluding hydrogens is 360 g/mol. The molecule has 0 fully saturated rings. The summed E-state index contributed by atoms with van der Waals surface area (Å²) in [6.45, 7) is 0. The maximum Gasteiger partial charge on any atom is 0.336 e. The van der Waals surface area contributed by atoms with E-state index in [4.69, 9.17) is 22.4 Å². The van der Waals surface area contributed by atoms with Gasteiger partial charge in [-0.3, -0.25) is 4.79 Å². The Hall–Kier alpha value is -2.05. The zero-order chi connectivity index (χ0) is 15.6. The minimum atomic E-state index is -1.09. The minimum absolute atomic E-state index is 0.0541. The van der Waals surface area contributed by atoms with Gasteiger partial charge in [-0.2, -0.15) is 0 Å². The van der Waals surface area contributed by atoms with E-state index in [2.05, 4.69) is 21.2 Å². The second-order valence-electron chi connectivity index (χ2n) is 4.23. The lowest BCUT2D eigenvalue weighted by Gasteiger charge is -2.08. The number of anilines is 2. The highest BCUT2D eigenvalue weighted by Crippen LogP contribution is 2.22. The molecule has 21 heavy (non-hydrogen) atoms. The molecule has 5 nitrogen and oxygen atoms in total. The third-order valence-corrected chi connectivity index (χ3v) is 3.55. The molecule has 0 bridgehead atoms. The van der Waals surface area contributed by atoms with Crippen molar-refractivity contribution >= 4 is 50.8 Å². The molecule has 108 valence electrons. The molecule has 2 rings (SSSR count). The SMILES string of the molecule is Nc1cc(Cl)cc(C(=O)Nc2ccc(Br)c(C(=O)O)c2)c1. The lowest BCUT2D eigenvalue weighted by molar-refractivity contribution is 0.0695. The van der Waals surface area contributed by atoms with Crippen molar-refractivity contribution in [3.05, 3.63) is 57.0 Å². The van der Waals surface area contributed by atoms with E-state index in [1.165, 1.54) is 24.3 Å². The van der Waals surface area contributed by atoms with Gasteiger partial charge in [-0.25, -0.2) is 4.79 Å². The zero-order valence-electron chi connectivity index (χ0n) is 10.6. The highest BCUT2D eigenvalue weighted by Gasteiger charge is 2.12. The van der Waals surface area contributed by atoms with E-state index < -0.39 is 11.9 Å². The van der Waals surface area contributed by atoms with Gasteiger partial charge < -0.3 is 16.2 Å². The number of hydrogen-bond acceptors (Lipinski definition) is 3. The van der Waals surface area contributed by atoms with Gasteiger partial charge in [-0.05, 0) is 52.3 Å². The van der Waals surface area contributed by atoms with Gasteiger partial charge in [-0.1, -0.05) is 11.6 Å². The number of amides is 1. The molecule has 0 aliphatic carbocycles. The quantitative estimate of drug-likeness (QED) is 0.720. The highest BCUT2D eigenvalue weighted by molar-refractivity contribution is 9.10. The molecule has 0 saturated heterocycles. The van der Waals surface area contributed by atoms with Crippen LogP contribution < -0.4 is 11.1 Å². The zero-order valence-corrected chi connectivity index (χ0v) is 12.9. The smallest absolute Gasteiger partial charge is 0.336 e. The van der Waals surface area contributed by atoms with E-state index in [1.54, 1.807) is 12.1 Å². The largest absolute Gasteiger partial charge is 0.478 e. The highest BCUT2D eigenvalue weighted by atomic mass is 79.9. The first-order valence-electron chi connectivity index (χ1n) is 5.77. The number of benzene rings is 2. The Bertz CT molecular complexity index is 714. The van der Waals surface area contributed by atoms with Crippen LogP contribution in [0, 0.1) is 0 Å². The molecular formula is C14H10BrClN2O3. The number of carbonyl (C=O) groups excluding carboxylic acids is 1. The van der Waals surface area contributed by atoms with E-state index in [1.807, 2.05) is 0 Å². The third kappa shape index (κ3) is 3.74. The van der Waals surface area contributed by atoms with Gasteiger partial charge in [0.05, 0.1) is 5.56 Å². The number of halogens is 2. The van der Waals surface area contributed by atoms with E-state index in [-0.39, 0.29) is 5.56 Å². The van der Waals surface area contributed by atoms with Crippen molar-refractivity contribution in [1.82, 2.24) is 0 Å². The maximum atomic E-state index is 12.1. The molecule has 1 amide bonds. The summed E-state index contributed by atoms with van der Waals surface area (Å²) in [6.07, 6.45) is 0. The predicted octanol–water partition coefficient (Wildman–Crippen LogP) is 3.64. The van der Waals surface area contributed by atoms with Crippen LogP contribution in [0.25, 0.3) is 0 Å². The summed E-state index contributed by atoms with van der Waals surface area (Å²) in [6, 6.07) is 8.98. The number of carboxylic acid groups (broad SMARTS) is 1. The lowest BCUT2D eigenvalue weighted by Crippen LogP contribution is -2.13. The summed E-state index contributed by atoms with van der Waals surface area (Å²) in [5.41, 5.74) is 6.70. The fraction of sp³-hybridized carbons (Fsp3) is 0. The average molecular weight is 370 g/mol. The third-order valence-electron chi connectivity index (χ3n) is 2.64. The summed E-state index contributed by atoms with van der Waals surface area (Å²) >= 11 is 8.97. The van der Waals surface area contributed by atoms with Crippen molar-refractivity contribution < 1.29 is 14.7 Å². The van der Waals surface area contributed by atoms with Crippen LogP contribution in [0.1, 0.15) is 20.7 Å². The Morgan fingerprint density at radius 1 is 1.19 bits per heavy atom. The minimum Gasteiger partial charge on any atom is -0.478 e. The molecule has 2 aromatic carbocycles. The number of carboxylic acids is 1. The molecule has 0 aliphatic heterocycles. The Morgan fingerprint density at radius 2 is 1.90 bits per heavy atom. The van der Waals surface area contributed by atoms with Gasteiger partial charge in [0.2, 0.25) is 0 Å². The number of rotatable bonds is 3. The Kier molecular flexibility index (Phi) is 4.50. The molecule has 0 saturated carbocycles. The summed E-state index contributed by atoms with van der Waals surface area (Å²) in [5, 5.41) is 12.0.